The van der Waals surface area contributed by atoms with Crippen molar-refractivity contribution in [2.24, 2.45) is 0 Å². The summed E-state index contributed by atoms with van der Waals surface area (Å²) in [7, 11) is -9.11. The van der Waals surface area contributed by atoms with Gasteiger partial charge >= 0.3 is 15.2 Å². The zero-order valence-corrected chi connectivity index (χ0v) is 11.3. The highest BCUT2D eigenvalue weighted by molar-refractivity contribution is 7.72. The molecule has 5 N–H and O–H groups in total. The summed E-state index contributed by atoms with van der Waals surface area (Å²) in [5.74, 6) is 0. The van der Waals surface area contributed by atoms with Gasteiger partial charge in [0.05, 0.1) is 0 Å². The van der Waals surface area contributed by atoms with Crippen molar-refractivity contribution >= 4 is 15.2 Å². The third kappa shape index (κ3) is 3.10. The van der Waals surface area contributed by atoms with Crippen molar-refractivity contribution in [3.8, 4) is 0 Å². The van der Waals surface area contributed by atoms with Gasteiger partial charge in [0.15, 0.2) is 0 Å². The molecule has 8 nitrogen and oxygen atoms in total. The Bertz CT molecular complexity index is 452. The SMILES string of the molecule is CN1C=C(CC(O)(P(=O)(O)O)P(=O)(O)O)C=CC1. The number of allylic oxidation sites excluding steroid dienone is 1. The number of nitrogens with zero attached hydrogens (tertiary/aromatic N) is 1. The molecule has 10 heteroatoms. The first kappa shape index (κ1) is 15.6. The van der Waals surface area contributed by atoms with E-state index < -0.39 is 26.7 Å². The van der Waals surface area contributed by atoms with E-state index in [1.54, 1.807) is 18.0 Å². The quantitative estimate of drug-likeness (QED) is 0.448. The number of hydrogen-bond acceptors (Lipinski definition) is 4. The lowest BCUT2D eigenvalue weighted by molar-refractivity contribution is 0.131. The van der Waals surface area contributed by atoms with Gasteiger partial charge in [0.2, 0.25) is 0 Å². The molecule has 1 heterocycles. The summed E-state index contributed by atoms with van der Waals surface area (Å²) in [5.41, 5.74) is 0.220. The van der Waals surface area contributed by atoms with Crippen LogP contribution in [0.3, 0.4) is 0 Å². The van der Waals surface area contributed by atoms with E-state index in [2.05, 4.69) is 0 Å². The Labute approximate surface area is 104 Å². The van der Waals surface area contributed by atoms with E-state index in [4.69, 9.17) is 19.6 Å². The highest BCUT2D eigenvalue weighted by Crippen LogP contribution is 2.69. The molecule has 0 amide bonds. The van der Waals surface area contributed by atoms with Gasteiger partial charge in [-0.25, -0.2) is 0 Å². The van der Waals surface area contributed by atoms with Gasteiger partial charge in [0.25, 0.3) is 5.08 Å². The first-order valence-electron chi connectivity index (χ1n) is 4.88. The van der Waals surface area contributed by atoms with Crippen LogP contribution in [0.2, 0.25) is 0 Å². The minimum absolute atomic E-state index is 0.220. The molecule has 0 unspecified atom stereocenters. The highest BCUT2D eigenvalue weighted by atomic mass is 31.2. The Morgan fingerprint density at radius 3 is 2.17 bits per heavy atom. The summed E-state index contributed by atoms with van der Waals surface area (Å²) in [5, 5.41) is 6.31. The van der Waals surface area contributed by atoms with Gasteiger partial charge in [0.1, 0.15) is 0 Å². The van der Waals surface area contributed by atoms with E-state index in [0.717, 1.165) is 0 Å². The number of hydrogen-bond donors (Lipinski definition) is 5. The lowest BCUT2D eigenvalue weighted by atomic mass is 10.1. The lowest BCUT2D eigenvalue weighted by Crippen LogP contribution is -2.30. The van der Waals surface area contributed by atoms with Crippen LogP contribution >= 0.6 is 15.2 Å². The van der Waals surface area contributed by atoms with Gasteiger partial charge in [0, 0.05) is 26.2 Å². The molecule has 1 aliphatic rings. The van der Waals surface area contributed by atoms with Crippen molar-refractivity contribution < 1.29 is 33.8 Å². The van der Waals surface area contributed by atoms with Crippen LogP contribution in [0.15, 0.2) is 23.9 Å². The monoisotopic (exact) mass is 299 g/mol. The topological polar surface area (TPSA) is 139 Å². The number of rotatable bonds is 4. The molecular formula is C8H15NO7P2. The fourth-order valence-electron chi connectivity index (χ4n) is 1.50. The molecule has 0 atom stereocenters. The highest BCUT2D eigenvalue weighted by Gasteiger charge is 2.59. The maximum absolute atomic E-state index is 11.1. The van der Waals surface area contributed by atoms with Gasteiger partial charge in [-0.2, -0.15) is 0 Å². The zero-order valence-electron chi connectivity index (χ0n) is 9.54. The molecule has 18 heavy (non-hydrogen) atoms. The van der Waals surface area contributed by atoms with Crippen LogP contribution in [0, 0.1) is 0 Å². The molecule has 0 fully saturated rings. The van der Waals surface area contributed by atoms with Crippen LogP contribution in [0.5, 0.6) is 0 Å². The normalized spacial score (nSPS) is 17.9. The van der Waals surface area contributed by atoms with Gasteiger partial charge in [-0.1, -0.05) is 12.2 Å². The molecule has 0 aromatic rings. The second-order valence-electron chi connectivity index (χ2n) is 4.09. The fourth-order valence-corrected chi connectivity index (χ4v) is 3.64. The van der Waals surface area contributed by atoms with Crippen LogP contribution in [-0.4, -0.2) is 48.3 Å². The van der Waals surface area contributed by atoms with Crippen molar-refractivity contribution in [1.29, 1.82) is 0 Å². The van der Waals surface area contributed by atoms with E-state index in [9.17, 15) is 14.2 Å². The molecule has 0 spiro atoms. The Hall–Kier alpha value is -0.460. The standard InChI is InChI=1S/C8H15NO7P2/c1-9-4-2-3-7(6-9)5-8(10,17(11,12)13)18(14,15)16/h2-3,6,10H,4-5H2,1H3,(H2,11,12,13)(H2,14,15,16). The fraction of sp³-hybridized carbons (Fsp3) is 0.500. The summed E-state index contributed by atoms with van der Waals surface area (Å²) in [6.45, 7) is 0.563. The van der Waals surface area contributed by atoms with Gasteiger partial charge in [-0.3, -0.25) is 9.13 Å². The molecule has 0 aromatic carbocycles. The van der Waals surface area contributed by atoms with Crippen molar-refractivity contribution in [1.82, 2.24) is 4.90 Å². The minimum atomic E-state index is -5.40. The van der Waals surface area contributed by atoms with Gasteiger partial charge in [-0.15, -0.1) is 0 Å². The van der Waals surface area contributed by atoms with Crippen molar-refractivity contribution in [2.45, 2.75) is 11.5 Å². The molecule has 0 bridgehead atoms. The van der Waals surface area contributed by atoms with Crippen molar-refractivity contribution in [2.75, 3.05) is 13.6 Å². The first-order valence-corrected chi connectivity index (χ1v) is 8.11. The van der Waals surface area contributed by atoms with Gasteiger partial charge < -0.3 is 29.6 Å². The molecular weight excluding hydrogens is 284 g/mol. The van der Waals surface area contributed by atoms with E-state index in [0.29, 0.717) is 6.54 Å². The second-order valence-corrected chi connectivity index (χ2v) is 8.09. The minimum Gasteiger partial charge on any atom is -0.376 e. The summed E-state index contributed by atoms with van der Waals surface area (Å²) in [6.07, 6.45) is 3.73. The summed E-state index contributed by atoms with van der Waals surface area (Å²) < 4.78 is 22.3. The molecule has 0 radical (unpaired) electrons. The molecule has 1 rings (SSSR count). The van der Waals surface area contributed by atoms with Crippen LogP contribution in [0.4, 0.5) is 0 Å². The summed E-state index contributed by atoms with van der Waals surface area (Å²) >= 11 is 0. The molecule has 0 saturated carbocycles. The molecule has 1 aliphatic heterocycles. The van der Waals surface area contributed by atoms with E-state index in [-0.39, 0.29) is 5.57 Å². The Morgan fingerprint density at radius 2 is 1.78 bits per heavy atom. The maximum atomic E-state index is 11.1. The van der Waals surface area contributed by atoms with Crippen molar-refractivity contribution in [3.05, 3.63) is 23.9 Å². The van der Waals surface area contributed by atoms with E-state index in [1.807, 2.05) is 0 Å². The van der Waals surface area contributed by atoms with Crippen molar-refractivity contribution in [3.63, 3.8) is 0 Å². The molecule has 0 aliphatic carbocycles. The Kier molecular flexibility index (Phi) is 4.25. The van der Waals surface area contributed by atoms with E-state index >= 15 is 0 Å². The predicted octanol–water partition coefficient (Wildman–Crippen LogP) is -0.237. The molecule has 104 valence electrons. The van der Waals surface area contributed by atoms with E-state index in [1.165, 1.54) is 12.3 Å². The first-order chi connectivity index (χ1) is 7.97. The molecule has 0 saturated heterocycles. The third-order valence-corrected chi connectivity index (χ3v) is 6.23. The maximum Gasteiger partial charge on any atom is 0.369 e. The van der Waals surface area contributed by atoms with Gasteiger partial charge in [-0.05, 0) is 5.57 Å². The van der Waals surface area contributed by atoms with Crippen LogP contribution in [-0.2, 0) is 9.13 Å². The molecule has 0 aromatic heterocycles. The predicted molar refractivity (Wildman–Crippen MR) is 63.5 cm³/mol. The van der Waals surface area contributed by atoms with Crippen LogP contribution < -0.4 is 0 Å². The number of likely N-dealkylation sites (N-methyl/N-ethyl adjacent to an activating group) is 1. The average molecular weight is 299 g/mol. The average Bonchev–Trinajstić information content (AvgIpc) is 2.13. The summed E-state index contributed by atoms with van der Waals surface area (Å²) in [6, 6.07) is 0. The lowest BCUT2D eigenvalue weighted by Gasteiger charge is -2.30. The second kappa shape index (κ2) is 4.90. The smallest absolute Gasteiger partial charge is 0.369 e. The largest absolute Gasteiger partial charge is 0.376 e. The zero-order chi connectivity index (χ0) is 14.2. The number of aliphatic hydroxyl groups is 1. The van der Waals surface area contributed by atoms with Crippen LogP contribution in [0.1, 0.15) is 6.42 Å². The Morgan fingerprint density at radius 1 is 1.28 bits per heavy atom. The summed E-state index contributed by atoms with van der Waals surface area (Å²) in [4.78, 5) is 37.5. The Balaban J connectivity index is 3.13. The third-order valence-electron chi connectivity index (χ3n) is 2.49. The van der Waals surface area contributed by atoms with Crippen LogP contribution in [0.25, 0.3) is 0 Å².